The number of carbonyl (C=O) groups is 1. The Bertz CT molecular complexity index is 675. The zero-order chi connectivity index (χ0) is 16.3. The van der Waals surface area contributed by atoms with Gasteiger partial charge in [-0.2, -0.15) is 0 Å². The van der Waals surface area contributed by atoms with Gasteiger partial charge in [0.15, 0.2) is 0 Å². The van der Waals surface area contributed by atoms with E-state index >= 15 is 0 Å². The van der Waals surface area contributed by atoms with E-state index in [-0.39, 0.29) is 12.5 Å². The number of amides is 1. The number of rotatable bonds is 4. The quantitative estimate of drug-likeness (QED) is 0.902. The van der Waals surface area contributed by atoms with Gasteiger partial charge >= 0.3 is 0 Å². The Labute approximate surface area is 139 Å². The molecule has 0 saturated carbocycles. The molecule has 1 aliphatic rings. The molecule has 0 atom stereocenters. The van der Waals surface area contributed by atoms with Crippen LogP contribution in [0.1, 0.15) is 28.9 Å². The standard InChI is InChI=1S/C17H20N2O3S/c1-12-10-23-16(19-12)14-4-2-13(3-5-14)15(20)18-11-17(21)6-8-22-9-7-17/h2-5,10,21H,6-9,11H2,1H3,(H,18,20). The highest BCUT2D eigenvalue weighted by Gasteiger charge is 2.30. The van der Waals surface area contributed by atoms with Crippen LogP contribution in [0.2, 0.25) is 0 Å². The minimum Gasteiger partial charge on any atom is -0.388 e. The summed E-state index contributed by atoms with van der Waals surface area (Å²) in [5.41, 5.74) is 1.73. The first-order chi connectivity index (χ1) is 11.1. The molecule has 23 heavy (non-hydrogen) atoms. The predicted molar refractivity (Wildman–Crippen MR) is 89.6 cm³/mol. The lowest BCUT2D eigenvalue weighted by Crippen LogP contribution is -2.46. The SMILES string of the molecule is Cc1csc(-c2ccc(C(=O)NCC3(O)CCOCC3)cc2)n1. The number of nitrogens with zero attached hydrogens (tertiary/aromatic N) is 1. The highest BCUT2D eigenvalue weighted by atomic mass is 32.1. The maximum absolute atomic E-state index is 12.2. The molecule has 0 aliphatic carbocycles. The molecule has 1 fully saturated rings. The van der Waals surface area contributed by atoms with Gasteiger partial charge in [0, 0.05) is 54.8 Å². The Morgan fingerprint density at radius 3 is 2.65 bits per heavy atom. The monoisotopic (exact) mass is 332 g/mol. The molecule has 2 aromatic rings. The summed E-state index contributed by atoms with van der Waals surface area (Å²) in [6.45, 7) is 3.29. The number of hydrogen-bond donors (Lipinski definition) is 2. The second-order valence-corrected chi connectivity index (χ2v) is 6.75. The second kappa shape index (κ2) is 6.78. The Kier molecular flexibility index (Phi) is 4.75. The Balaban J connectivity index is 1.61. The third-order valence-corrected chi connectivity index (χ3v) is 5.02. The van der Waals surface area contributed by atoms with Crippen LogP contribution in [0, 0.1) is 6.92 Å². The van der Waals surface area contributed by atoms with Gasteiger partial charge in [0.25, 0.3) is 5.91 Å². The number of hydrogen-bond acceptors (Lipinski definition) is 5. The molecule has 0 radical (unpaired) electrons. The minimum absolute atomic E-state index is 0.174. The first kappa shape index (κ1) is 16.1. The molecule has 1 amide bonds. The van der Waals surface area contributed by atoms with Crippen LogP contribution >= 0.6 is 11.3 Å². The van der Waals surface area contributed by atoms with Gasteiger partial charge in [-0.05, 0) is 19.1 Å². The van der Waals surface area contributed by atoms with Crippen LogP contribution in [0.3, 0.4) is 0 Å². The highest BCUT2D eigenvalue weighted by molar-refractivity contribution is 7.13. The van der Waals surface area contributed by atoms with Crippen LogP contribution in [0.15, 0.2) is 29.6 Å². The first-order valence-corrected chi connectivity index (χ1v) is 8.55. The number of aryl methyl sites for hydroxylation is 1. The summed E-state index contributed by atoms with van der Waals surface area (Å²) in [4.78, 5) is 16.7. The van der Waals surface area contributed by atoms with E-state index in [1.807, 2.05) is 24.4 Å². The molecule has 3 rings (SSSR count). The Hall–Kier alpha value is -1.76. The normalized spacial score (nSPS) is 17.0. The van der Waals surface area contributed by atoms with E-state index in [1.165, 1.54) is 0 Å². The summed E-state index contributed by atoms with van der Waals surface area (Å²) < 4.78 is 5.24. The minimum atomic E-state index is -0.855. The molecule has 1 aliphatic heterocycles. The van der Waals surface area contributed by atoms with Crippen LogP contribution in [0.4, 0.5) is 0 Å². The van der Waals surface area contributed by atoms with E-state index in [9.17, 15) is 9.90 Å². The fourth-order valence-electron chi connectivity index (χ4n) is 2.53. The van der Waals surface area contributed by atoms with Crippen molar-refractivity contribution in [3.8, 4) is 10.6 Å². The van der Waals surface area contributed by atoms with Gasteiger partial charge in [-0.1, -0.05) is 12.1 Å². The molecule has 1 aromatic carbocycles. The zero-order valence-corrected chi connectivity index (χ0v) is 13.9. The first-order valence-electron chi connectivity index (χ1n) is 7.67. The lowest BCUT2D eigenvalue weighted by Gasteiger charge is -2.32. The van der Waals surface area contributed by atoms with Crippen molar-refractivity contribution in [2.24, 2.45) is 0 Å². The average molecular weight is 332 g/mol. The van der Waals surface area contributed by atoms with Crippen LogP contribution in [-0.2, 0) is 4.74 Å². The van der Waals surface area contributed by atoms with Gasteiger partial charge < -0.3 is 15.2 Å². The van der Waals surface area contributed by atoms with Crippen molar-refractivity contribution in [3.63, 3.8) is 0 Å². The van der Waals surface area contributed by atoms with Gasteiger partial charge in [0.05, 0.1) is 5.60 Å². The highest BCUT2D eigenvalue weighted by Crippen LogP contribution is 2.24. The van der Waals surface area contributed by atoms with Crippen molar-refractivity contribution in [1.82, 2.24) is 10.3 Å². The van der Waals surface area contributed by atoms with Crippen LogP contribution in [0.5, 0.6) is 0 Å². The molecule has 0 unspecified atom stereocenters. The summed E-state index contributed by atoms with van der Waals surface area (Å²) in [5, 5.41) is 16.1. The molecule has 122 valence electrons. The zero-order valence-electron chi connectivity index (χ0n) is 13.0. The van der Waals surface area contributed by atoms with Gasteiger partial charge in [0.1, 0.15) is 5.01 Å². The summed E-state index contributed by atoms with van der Waals surface area (Å²) in [6.07, 6.45) is 1.10. The van der Waals surface area contributed by atoms with Crippen molar-refractivity contribution in [1.29, 1.82) is 0 Å². The van der Waals surface area contributed by atoms with Crippen molar-refractivity contribution in [2.45, 2.75) is 25.4 Å². The van der Waals surface area contributed by atoms with Gasteiger partial charge in [-0.25, -0.2) is 4.98 Å². The van der Waals surface area contributed by atoms with Crippen LogP contribution in [0.25, 0.3) is 10.6 Å². The Morgan fingerprint density at radius 1 is 1.35 bits per heavy atom. The molecule has 5 nitrogen and oxygen atoms in total. The van der Waals surface area contributed by atoms with Crippen molar-refractivity contribution in [2.75, 3.05) is 19.8 Å². The van der Waals surface area contributed by atoms with Crippen LogP contribution in [-0.4, -0.2) is 41.4 Å². The van der Waals surface area contributed by atoms with E-state index in [0.29, 0.717) is 31.6 Å². The molecule has 1 aromatic heterocycles. The topological polar surface area (TPSA) is 71.5 Å². The van der Waals surface area contributed by atoms with E-state index in [0.717, 1.165) is 16.3 Å². The predicted octanol–water partition coefficient (Wildman–Crippen LogP) is 2.39. The molecule has 1 saturated heterocycles. The van der Waals surface area contributed by atoms with Gasteiger partial charge in [-0.3, -0.25) is 4.79 Å². The molecule has 2 heterocycles. The molecule has 6 heteroatoms. The summed E-state index contributed by atoms with van der Waals surface area (Å²) in [7, 11) is 0. The van der Waals surface area contributed by atoms with Gasteiger partial charge in [0.2, 0.25) is 0 Å². The van der Waals surface area contributed by atoms with Crippen LogP contribution < -0.4 is 5.32 Å². The lowest BCUT2D eigenvalue weighted by molar-refractivity contribution is -0.0605. The number of aliphatic hydroxyl groups is 1. The number of carbonyl (C=O) groups excluding carboxylic acids is 1. The summed E-state index contributed by atoms with van der Waals surface area (Å²) in [6, 6.07) is 7.37. The van der Waals surface area contributed by atoms with Crippen molar-refractivity contribution >= 4 is 17.2 Å². The summed E-state index contributed by atoms with van der Waals surface area (Å²) in [5.74, 6) is -0.174. The van der Waals surface area contributed by atoms with E-state index in [4.69, 9.17) is 4.74 Å². The smallest absolute Gasteiger partial charge is 0.251 e. The largest absolute Gasteiger partial charge is 0.388 e. The molecule has 0 spiro atoms. The maximum atomic E-state index is 12.2. The van der Waals surface area contributed by atoms with Crippen molar-refractivity contribution in [3.05, 3.63) is 40.9 Å². The number of benzene rings is 1. The van der Waals surface area contributed by atoms with Crippen molar-refractivity contribution < 1.29 is 14.6 Å². The fourth-order valence-corrected chi connectivity index (χ4v) is 3.33. The summed E-state index contributed by atoms with van der Waals surface area (Å²) >= 11 is 1.59. The third kappa shape index (κ3) is 3.96. The molecule has 2 N–H and O–H groups in total. The Morgan fingerprint density at radius 2 is 2.04 bits per heavy atom. The maximum Gasteiger partial charge on any atom is 0.251 e. The van der Waals surface area contributed by atoms with E-state index in [2.05, 4.69) is 10.3 Å². The number of ether oxygens (including phenoxy) is 1. The second-order valence-electron chi connectivity index (χ2n) is 5.89. The molecular formula is C17H20N2O3S. The lowest BCUT2D eigenvalue weighted by atomic mass is 9.94. The van der Waals surface area contributed by atoms with E-state index < -0.39 is 5.60 Å². The number of thiazole rings is 1. The average Bonchev–Trinajstić information content (AvgIpc) is 3.00. The van der Waals surface area contributed by atoms with E-state index in [1.54, 1.807) is 23.5 Å². The van der Waals surface area contributed by atoms with Gasteiger partial charge in [-0.15, -0.1) is 11.3 Å². The molecular weight excluding hydrogens is 312 g/mol. The third-order valence-electron chi connectivity index (χ3n) is 4.01. The number of aromatic nitrogens is 1. The molecule has 0 bridgehead atoms. The fraction of sp³-hybridized carbons (Fsp3) is 0.412. The number of nitrogens with one attached hydrogen (secondary N) is 1.